The second-order valence-corrected chi connectivity index (χ2v) is 3.99. The van der Waals surface area contributed by atoms with Gasteiger partial charge in [-0.1, -0.05) is 12.2 Å². The fourth-order valence-electron chi connectivity index (χ4n) is 1.10. The molecule has 0 atom stereocenters. The van der Waals surface area contributed by atoms with Crippen LogP contribution in [0.1, 0.15) is 5.69 Å². The maximum atomic E-state index is 5.21. The van der Waals surface area contributed by atoms with Crippen molar-refractivity contribution < 1.29 is 4.42 Å². The van der Waals surface area contributed by atoms with Crippen molar-refractivity contribution in [1.82, 2.24) is 9.97 Å². The first-order chi connectivity index (χ1) is 6.68. The number of H-pyrrole nitrogens is 1. The summed E-state index contributed by atoms with van der Waals surface area (Å²) >= 11 is 8.43. The lowest BCUT2D eigenvalue weighted by Gasteiger charge is -2.01. The highest BCUT2D eigenvalue weighted by Gasteiger charge is 2.06. The quantitative estimate of drug-likeness (QED) is 0.807. The second kappa shape index (κ2) is 3.67. The minimum Gasteiger partial charge on any atom is -0.461 e. The molecule has 0 unspecified atom stereocenters. The monoisotopic (exact) mass is 270 g/mol. The number of aryl methyl sites for hydroxylation is 1. The van der Waals surface area contributed by atoms with Crippen molar-refractivity contribution in [2.75, 3.05) is 0 Å². The van der Waals surface area contributed by atoms with Crippen LogP contribution in [0.15, 0.2) is 27.3 Å². The third-order valence-corrected chi connectivity index (χ3v) is 3.32. The molecule has 0 bridgehead atoms. The first kappa shape index (κ1) is 9.61. The highest BCUT2D eigenvalue weighted by atomic mass is 79.9. The average molecular weight is 271 g/mol. The van der Waals surface area contributed by atoms with Crippen LogP contribution in [-0.4, -0.2) is 9.97 Å². The number of hydrogen-bond acceptors (Lipinski definition) is 3. The van der Waals surface area contributed by atoms with Gasteiger partial charge >= 0.3 is 0 Å². The number of hydrogen-bond donors (Lipinski definition) is 1. The fourth-order valence-corrected chi connectivity index (χ4v) is 1.53. The van der Waals surface area contributed by atoms with E-state index in [4.69, 9.17) is 16.6 Å². The molecular weight excluding hydrogens is 264 g/mol. The molecule has 0 aromatic carbocycles. The van der Waals surface area contributed by atoms with E-state index in [2.05, 4.69) is 25.9 Å². The molecule has 0 fully saturated rings. The molecule has 0 amide bonds. The number of halogens is 1. The number of nitrogens with zero attached hydrogens (tertiary/aromatic N) is 1. The molecular formula is C9H7BrN2OS. The zero-order valence-corrected chi connectivity index (χ0v) is 9.78. The Kier molecular flexibility index (Phi) is 2.52. The van der Waals surface area contributed by atoms with Gasteiger partial charge in [0, 0.05) is 5.69 Å². The molecule has 0 aliphatic heterocycles. The minimum absolute atomic E-state index is 0.535. The molecule has 0 spiro atoms. The van der Waals surface area contributed by atoms with Crippen LogP contribution in [0, 0.1) is 11.6 Å². The Morgan fingerprint density at radius 1 is 1.57 bits per heavy atom. The van der Waals surface area contributed by atoms with Gasteiger partial charge < -0.3 is 9.40 Å². The standard InChI is InChI=1S/C9H7BrN2OS/c1-5-7(10)9(14)12-8(11-5)6-3-2-4-13-6/h2-4H,1H3,(H,11,12,14). The van der Waals surface area contributed by atoms with Gasteiger partial charge in [0.15, 0.2) is 11.6 Å². The lowest BCUT2D eigenvalue weighted by atomic mass is 10.4. The zero-order valence-electron chi connectivity index (χ0n) is 7.37. The van der Waals surface area contributed by atoms with Crippen LogP contribution in [0.2, 0.25) is 0 Å². The van der Waals surface area contributed by atoms with Gasteiger partial charge in [0.25, 0.3) is 0 Å². The molecule has 2 aromatic heterocycles. The Bertz CT molecular complexity index is 504. The maximum Gasteiger partial charge on any atom is 0.175 e. The molecule has 0 saturated carbocycles. The van der Waals surface area contributed by atoms with Gasteiger partial charge in [0.1, 0.15) is 4.64 Å². The molecule has 2 rings (SSSR count). The van der Waals surface area contributed by atoms with Gasteiger partial charge in [0.05, 0.1) is 10.7 Å². The van der Waals surface area contributed by atoms with Gasteiger partial charge in [-0.25, -0.2) is 4.98 Å². The van der Waals surface area contributed by atoms with Crippen LogP contribution >= 0.6 is 28.1 Å². The summed E-state index contributed by atoms with van der Waals surface area (Å²) in [6.45, 7) is 1.92. The van der Waals surface area contributed by atoms with Crippen LogP contribution in [0.25, 0.3) is 11.6 Å². The van der Waals surface area contributed by atoms with Crippen molar-refractivity contribution in [1.29, 1.82) is 0 Å². The van der Waals surface area contributed by atoms with Gasteiger partial charge in [-0.15, -0.1) is 0 Å². The molecule has 72 valence electrons. The lowest BCUT2D eigenvalue weighted by molar-refractivity contribution is 0.576. The summed E-state index contributed by atoms with van der Waals surface area (Å²) in [5.41, 5.74) is 0.941. The number of furan rings is 1. The third-order valence-electron chi connectivity index (χ3n) is 1.79. The predicted molar refractivity (Wildman–Crippen MR) is 59.6 cm³/mol. The number of rotatable bonds is 1. The Morgan fingerprint density at radius 2 is 2.36 bits per heavy atom. The average Bonchev–Trinajstić information content (AvgIpc) is 2.66. The maximum absolute atomic E-state index is 5.21. The molecule has 2 aromatic rings. The molecule has 1 N–H and O–H groups in total. The smallest absolute Gasteiger partial charge is 0.175 e. The van der Waals surface area contributed by atoms with Gasteiger partial charge in [-0.3, -0.25) is 0 Å². The van der Waals surface area contributed by atoms with E-state index in [0.717, 1.165) is 10.2 Å². The van der Waals surface area contributed by atoms with E-state index in [1.165, 1.54) is 0 Å². The third kappa shape index (κ3) is 1.65. The van der Waals surface area contributed by atoms with Gasteiger partial charge in [-0.05, 0) is 35.0 Å². The summed E-state index contributed by atoms with van der Waals surface area (Å²) in [5, 5.41) is 0. The van der Waals surface area contributed by atoms with Crippen LogP contribution in [0.4, 0.5) is 0 Å². The second-order valence-electron chi connectivity index (χ2n) is 2.81. The summed E-state index contributed by atoms with van der Waals surface area (Å²) in [4.78, 5) is 7.30. The molecule has 0 aliphatic rings. The Morgan fingerprint density at radius 3 is 2.93 bits per heavy atom. The van der Waals surface area contributed by atoms with Crippen molar-refractivity contribution in [2.24, 2.45) is 0 Å². The van der Waals surface area contributed by atoms with Gasteiger partial charge in [-0.2, -0.15) is 0 Å². The Balaban J connectivity index is 2.63. The van der Waals surface area contributed by atoms with E-state index in [9.17, 15) is 0 Å². The highest BCUT2D eigenvalue weighted by Crippen LogP contribution is 2.20. The van der Waals surface area contributed by atoms with Crippen molar-refractivity contribution in [3.05, 3.63) is 33.2 Å². The number of nitrogens with one attached hydrogen (secondary N) is 1. The number of aromatic nitrogens is 2. The molecule has 5 heteroatoms. The lowest BCUT2D eigenvalue weighted by Crippen LogP contribution is -1.92. The largest absolute Gasteiger partial charge is 0.461 e. The zero-order chi connectivity index (χ0) is 10.1. The molecule has 14 heavy (non-hydrogen) atoms. The van der Waals surface area contributed by atoms with Crippen molar-refractivity contribution in [3.63, 3.8) is 0 Å². The van der Waals surface area contributed by atoms with Crippen molar-refractivity contribution in [2.45, 2.75) is 6.92 Å². The van der Waals surface area contributed by atoms with E-state index in [-0.39, 0.29) is 0 Å². The Labute approximate surface area is 94.3 Å². The van der Waals surface area contributed by atoms with Crippen LogP contribution in [0.3, 0.4) is 0 Å². The summed E-state index contributed by atoms with van der Waals surface area (Å²) in [7, 11) is 0. The summed E-state index contributed by atoms with van der Waals surface area (Å²) in [6.07, 6.45) is 1.60. The normalized spacial score (nSPS) is 10.4. The first-order valence-electron chi connectivity index (χ1n) is 3.99. The van der Waals surface area contributed by atoms with E-state index < -0.39 is 0 Å². The van der Waals surface area contributed by atoms with E-state index in [1.54, 1.807) is 6.26 Å². The minimum atomic E-state index is 0.535. The molecule has 0 saturated heterocycles. The summed E-state index contributed by atoms with van der Waals surface area (Å²) in [5.74, 6) is 1.34. The molecule has 0 radical (unpaired) electrons. The van der Waals surface area contributed by atoms with Crippen molar-refractivity contribution >= 4 is 28.1 Å². The van der Waals surface area contributed by atoms with E-state index in [1.807, 2.05) is 19.1 Å². The molecule has 3 nitrogen and oxygen atoms in total. The van der Waals surface area contributed by atoms with Crippen LogP contribution < -0.4 is 0 Å². The van der Waals surface area contributed by atoms with E-state index >= 15 is 0 Å². The highest BCUT2D eigenvalue weighted by molar-refractivity contribution is 9.10. The number of aromatic amines is 1. The first-order valence-corrected chi connectivity index (χ1v) is 5.19. The molecule has 0 aliphatic carbocycles. The Hall–Kier alpha value is -0.940. The summed E-state index contributed by atoms with van der Waals surface area (Å²) < 4.78 is 6.57. The molecule has 2 heterocycles. The van der Waals surface area contributed by atoms with Crippen LogP contribution in [0.5, 0.6) is 0 Å². The fraction of sp³-hybridized carbons (Fsp3) is 0.111. The van der Waals surface area contributed by atoms with E-state index in [0.29, 0.717) is 16.2 Å². The van der Waals surface area contributed by atoms with Crippen LogP contribution in [-0.2, 0) is 0 Å². The predicted octanol–water partition coefficient (Wildman–Crippen LogP) is 3.47. The topological polar surface area (TPSA) is 41.8 Å². The SMILES string of the molecule is Cc1[nH]c(-c2ccco2)nc(=S)c1Br. The summed E-state index contributed by atoms with van der Waals surface area (Å²) in [6, 6.07) is 3.65. The van der Waals surface area contributed by atoms with Gasteiger partial charge in [0.2, 0.25) is 0 Å². The van der Waals surface area contributed by atoms with Crippen molar-refractivity contribution in [3.8, 4) is 11.6 Å².